The molecule has 0 heteroatoms. The van der Waals surface area contributed by atoms with E-state index in [2.05, 4.69) is 20.4 Å². The van der Waals surface area contributed by atoms with Crippen LogP contribution >= 0.6 is 0 Å². The van der Waals surface area contributed by atoms with Gasteiger partial charge in [0.25, 0.3) is 0 Å². The fraction of sp³-hybridized carbons (Fsp3) is 0.778. The zero-order chi connectivity index (χ0) is 6.85. The predicted molar refractivity (Wildman–Crippen MR) is 41.3 cm³/mol. The molecule has 1 rings (SSSR count). The van der Waals surface area contributed by atoms with Gasteiger partial charge >= 0.3 is 0 Å². The Morgan fingerprint density at radius 3 is 2.56 bits per heavy atom. The van der Waals surface area contributed by atoms with Crippen LogP contribution in [0.3, 0.4) is 0 Å². The number of rotatable bonds is 2. The minimum Gasteiger partial charge on any atom is -0.0996 e. The summed E-state index contributed by atoms with van der Waals surface area (Å²) in [4.78, 5) is 0. The molecule has 0 aliphatic heterocycles. The fourth-order valence-electron chi connectivity index (χ4n) is 1.49. The first-order valence-corrected chi connectivity index (χ1v) is 3.93. The maximum absolute atomic E-state index is 4.01. The second-order valence-electron chi connectivity index (χ2n) is 3.19. The molecule has 2 unspecified atom stereocenters. The highest BCUT2D eigenvalue weighted by molar-refractivity contribution is 5.11. The largest absolute Gasteiger partial charge is 0.0996 e. The molecule has 2 atom stereocenters. The fourth-order valence-corrected chi connectivity index (χ4v) is 1.49. The van der Waals surface area contributed by atoms with Crippen LogP contribution in [0.15, 0.2) is 12.2 Å². The van der Waals surface area contributed by atoms with Gasteiger partial charge in [0.2, 0.25) is 0 Å². The zero-order valence-electron chi connectivity index (χ0n) is 6.48. The van der Waals surface area contributed by atoms with E-state index < -0.39 is 0 Å². The van der Waals surface area contributed by atoms with Gasteiger partial charge in [0.15, 0.2) is 0 Å². The molecule has 0 aromatic rings. The van der Waals surface area contributed by atoms with Crippen molar-refractivity contribution in [2.75, 3.05) is 0 Å². The maximum atomic E-state index is 4.01. The van der Waals surface area contributed by atoms with Crippen LogP contribution in [0.4, 0.5) is 0 Å². The molecule has 0 heterocycles. The van der Waals surface area contributed by atoms with E-state index in [4.69, 9.17) is 0 Å². The van der Waals surface area contributed by atoms with E-state index in [1.54, 1.807) is 0 Å². The van der Waals surface area contributed by atoms with Crippen molar-refractivity contribution in [3.05, 3.63) is 12.2 Å². The van der Waals surface area contributed by atoms with Gasteiger partial charge in [0, 0.05) is 0 Å². The summed E-state index contributed by atoms with van der Waals surface area (Å²) in [5, 5.41) is 0. The van der Waals surface area contributed by atoms with Gasteiger partial charge in [0.05, 0.1) is 0 Å². The lowest BCUT2D eigenvalue weighted by Gasteiger charge is -2.33. The van der Waals surface area contributed by atoms with Crippen LogP contribution in [0.2, 0.25) is 0 Å². The lowest BCUT2D eigenvalue weighted by atomic mass is 9.72. The van der Waals surface area contributed by atoms with Gasteiger partial charge in [0.1, 0.15) is 0 Å². The normalized spacial score (nSPS) is 29.6. The van der Waals surface area contributed by atoms with E-state index in [-0.39, 0.29) is 0 Å². The third kappa shape index (κ3) is 1.17. The molecule has 0 bridgehead atoms. The second kappa shape index (κ2) is 2.55. The SMILES string of the molecule is C=C1CCC1C(C)CC. The predicted octanol–water partition coefficient (Wildman–Crippen LogP) is 3.00. The number of allylic oxidation sites excluding steroid dienone is 1. The Kier molecular flexibility index (Phi) is 1.94. The topological polar surface area (TPSA) is 0 Å². The maximum Gasteiger partial charge on any atom is -0.0177 e. The van der Waals surface area contributed by atoms with Crippen molar-refractivity contribution in [1.29, 1.82) is 0 Å². The van der Waals surface area contributed by atoms with E-state index in [1.165, 1.54) is 24.8 Å². The summed E-state index contributed by atoms with van der Waals surface area (Å²) in [5.41, 5.74) is 1.49. The summed E-state index contributed by atoms with van der Waals surface area (Å²) in [5.74, 6) is 1.75. The molecule has 0 aromatic heterocycles. The summed E-state index contributed by atoms with van der Waals surface area (Å²) >= 11 is 0. The Bertz CT molecular complexity index is 113. The van der Waals surface area contributed by atoms with Gasteiger partial charge in [-0.25, -0.2) is 0 Å². The Morgan fingerprint density at radius 1 is 1.78 bits per heavy atom. The third-order valence-electron chi connectivity index (χ3n) is 2.63. The van der Waals surface area contributed by atoms with Crippen LogP contribution in [0, 0.1) is 11.8 Å². The first kappa shape index (κ1) is 6.85. The van der Waals surface area contributed by atoms with Crippen LogP contribution in [-0.2, 0) is 0 Å². The molecule has 0 spiro atoms. The smallest absolute Gasteiger partial charge is 0.0177 e. The standard InChI is InChI=1S/C9H16/c1-4-7(2)9-6-5-8(9)3/h7,9H,3-6H2,1-2H3. The van der Waals surface area contributed by atoms with Crippen LogP contribution < -0.4 is 0 Å². The molecule has 1 saturated carbocycles. The Morgan fingerprint density at radius 2 is 2.44 bits per heavy atom. The monoisotopic (exact) mass is 124 g/mol. The lowest BCUT2D eigenvalue weighted by Crippen LogP contribution is -2.21. The first-order valence-electron chi connectivity index (χ1n) is 3.93. The summed E-state index contributed by atoms with van der Waals surface area (Å²) in [7, 11) is 0. The zero-order valence-corrected chi connectivity index (χ0v) is 6.48. The van der Waals surface area contributed by atoms with Crippen LogP contribution in [0.25, 0.3) is 0 Å². The Labute approximate surface area is 58.0 Å². The van der Waals surface area contributed by atoms with E-state index in [1.807, 2.05) is 0 Å². The number of hydrogen-bond donors (Lipinski definition) is 0. The third-order valence-corrected chi connectivity index (χ3v) is 2.63. The highest BCUT2D eigenvalue weighted by Crippen LogP contribution is 2.38. The molecule has 9 heavy (non-hydrogen) atoms. The Balaban J connectivity index is 2.34. The quantitative estimate of drug-likeness (QED) is 0.496. The molecular weight excluding hydrogens is 108 g/mol. The highest BCUT2D eigenvalue weighted by Gasteiger charge is 2.25. The Hall–Kier alpha value is -0.260. The van der Waals surface area contributed by atoms with Crippen molar-refractivity contribution >= 4 is 0 Å². The summed E-state index contributed by atoms with van der Waals surface area (Å²) in [6.45, 7) is 8.60. The van der Waals surface area contributed by atoms with Crippen molar-refractivity contribution in [1.82, 2.24) is 0 Å². The summed E-state index contributed by atoms with van der Waals surface area (Å²) in [6, 6.07) is 0. The van der Waals surface area contributed by atoms with Crippen molar-refractivity contribution in [3.8, 4) is 0 Å². The van der Waals surface area contributed by atoms with E-state index in [9.17, 15) is 0 Å². The average Bonchev–Trinajstić information content (AvgIpc) is 1.84. The molecule has 0 aromatic carbocycles. The molecule has 1 aliphatic carbocycles. The minimum atomic E-state index is 0.870. The van der Waals surface area contributed by atoms with Gasteiger partial charge in [-0.2, -0.15) is 0 Å². The summed E-state index contributed by atoms with van der Waals surface area (Å²) < 4.78 is 0. The van der Waals surface area contributed by atoms with Gasteiger partial charge in [-0.3, -0.25) is 0 Å². The van der Waals surface area contributed by atoms with Crippen molar-refractivity contribution < 1.29 is 0 Å². The van der Waals surface area contributed by atoms with Gasteiger partial charge < -0.3 is 0 Å². The van der Waals surface area contributed by atoms with Crippen molar-refractivity contribution in [2.24, 2.45) is 11.8 Å². The molecule has 0 amide bonds. The molecule has 0 radical (unpaired) electrons. The first-order chi connectivity index (χ1) is 4.25. The molecule has 0 nitrogen and oxygen atoms in total. The van der Waals surface area contributed by atoms with Crippen LogP contribution in [0.1, 0.15) is 33.1 Å². The molecule has 1 aliphatic rings. The van der Waals surface area contributed by atoms with Crippen LogP contribution in [0.5, 0.6) is 0 Å². The minimum absolute atomic E-state index is 0.870. The molecule has 52 valence electrons. The summed E-state index contributed by atoms with van der Waals surface area (Å²) in [6.07, 6.45) is 3.99. The van der Waals surface area contributed by atoms with Crippen molar-refractivity contribution in [2.45, 2.75) is 33.1 Å². The van der Waals surface area contributed by atoms with Gasteiger partial charge in [-0.1, -0.05) is 32.4 Å². The van der Waals surface area contributed by atoms with Gasteiger partial charge in [-0.05, 0) is 24.7 Å². The molecule has 0 N–H and O–H groups in total. The highest BCUT2D eigenvalue weighted by atomic mass is 14.3. The molecule has 1 fully saturated rings. The van der Waals surface area contributed by atoms with Crippen molar-refractivity contribution in [3.63, 3.8) is 0 Å². The van der Waals surface area contributed by atoms with E-state index in [0.717, 1.165) is 11.8 Å². The van der Waals surface area contributed by atoms with E-state index in [0.29, 0.717) is 0 Å². The molecule has 0 saturated heterocycles. The van der Waals surface area contributed by atoms with Gasteiger partial charge in [-0.15, -0.1) is 0 Å². The lowest BCUT2D eigenvalue weighted by molar-refractivity contribution is 0.307. The van der Waals surface area contributed by atoms with E-state index >= 15 is 0 Å². The second-order valence-corrected chi connectivity index (χ2v) is 3.19. The molecular formula is C9H16. The number of hydrogen-bond acceptors (Lipinski definition) is 0. The van der Waals surface area contributed by atoms with Crippen LogP contribution in [-0.4, -0.2) is 0 Å². The average molecular weight is 124 g/mol.